The number of carbonyl (C=O) groups is 2. The van der Waals surface area contributed by atoms with Crippen molar-refractivity contribution in [2.24, 2.45) is 0 Å². The molecule has 0 bridgehead atoms. The molecule has 0 spiro atoms. The molecule has 0 aliphatic carbocycles. The fourth-order valence-corrected chi connectivity index (χ4v) is 3.40. The number of anilines is 1. The van der Waals surface area contributed by atoms with E-state index in [4.69, 9.17) is 16.4 Å². The van der Waals surface area contributed by atoms with Crippen LogP contribution in [0.4, 0.5) is 5.13 Å². The van der Waals surface area contributed by atoms with Crippen molar-refractivity contribution >= 4 is 40.4 Å². The standard InChI is InChI=1S/C19H19ClN6O3S/c1-14(28)25(22-12-15-5-2-3-7-17(15)20)9-10-29-26(13-27)19-24-23-18(30-19)16-6-4-8-21-11-16/h2-8,11,13,22H,9-10,12H2,1H3. The molecule has 156 valence electrons. The fourth-order valence-electron chi connectivity index (χ4n) is 2.44. The number of aromatic nitrogens is 3. The monoisotopic (exact) mass is 446 g/mol. The molecule has 3 aromatic rings. The summed E-state index contributed by atoms with van der Waals surface area (Å²) in [6.45, 7) is 2.08. The highest BCUT2D eigenvalue weighted by Gasteiger charge is 2.16. The summed E-state index contributed by atoms with van der Waals surface area (Å²) in [5, 5.41) is 11.9. The first-order chi connectivity index (χ1) is 14.6. The van der Waals surface area contributed by atoms with Gasteiger partial charge in [-0.3, -0.25) is 24.4 Å². The van der Waals surface area contributed by atoms with Crippen LogP contribution < -0.4 is 10.5 Å². The van der Waals surface area contributed by atoms with Crippen LogP contribution >= 0.6 is 22.9 Å². The van der Waals surface area contributed by atoms with Crippen molar-refractivity contribution in [3.8, 4) is 10.6 Å². The lowest BCUT2D eigenvalue weighted by atomic mass is 10.2. The maximum atomic E-state index is 11.9. The van der Waals surface area contributed by atoms with Crippen molar-refractivity contribution in [3.63, 3.8) is 0 Å². The normalized spacial score (nSPS) is 10.6. The third-order valence-corrected chi connectivity index (χ3v) is 5.27. The van der Waals surface area contributed by atoms with Gasteiger partial charge in [0, 0.05) is 36.4 Å². The summed E-state index contributed by atoms with van der Waals surface area (Å²) < 4.78 is 0. The molecule has 0 aliphatic heterocycles. The van der Waals surface area contributed by atoms with Crippen LogP contribution in [0.25, 0.3) is 10.6 Å². The number of halogens is 1. The van der Waals surface area contributed by atoms with Gasteiger partial charge in [-0.2, -0.15) is 5.06 Å². The number of pyridine rings is 1. The largest absolute Gasteiger partial charge is 0.276 e. The first-order valence-corrected chi connectivity index (χ1v) is 10.1. The van der Waals surface area contributed by atoms with E-state index in [-0.39, 0.29) is 24.2 Å². The number of amides is 2. The van der Waals surface area contributed by atoms with Gasteiger partial charge in [0.05, 0.1) is 13.2 Å². The zero-order valence-corrected chi connectivity index (χ0v) is 17.6. The Balaban J connectivity index is 1.55. The summed E-state index contributed by atoms with van der Waals surface area (Å²) in [5.74, 6) is -0.196. The topological polar surface area (TPSA) is 101 Å². The first-order valence-electron chi connectivity index (χ1n) is 8.95. The molecule has 0 fully saturated rings. The average molecular weight is 447 g/mol. The van der Waals surface area contributed by atoms with Gasteiger partial charge in [-0.15, -0.1) is 10.2 Å². The van der Waals surface area contributed by atoms with Gasteiger partial charge in [-0.25, -0.2) is 5.43 Å². The maximum absolute atomic E-state index is 11.9. The Morgan fingerprint density at radius 3 is 2.80 bits per heavy atom. The molecule has 0 radical (unpaired) electrons. The molecular formula is C19H19ClN6O3S. The second-order valence-corrected chi connectivity index (χ2v) is 7.36. The molecule has 2 aromatic heterocycles. The number of rotatable bonds is 10. The molecule has 30 heavy (non-hydrogen) atoms. The van der Waals surface area contributed by atoms with E-state index in [1.165, 1.54) is 23.3 Å². The number of nitrogens with one attached hydrogen (secondary N) is 1. The molecule has 9 nitrogen and oxygen atoms in total. The Hall–Kier alpha value is -2.92. The van der Waals surface area contributed by atoms with E-state index in [0.29, 0.717) is 23.0 Å². The van der Waals surface area contributed by atoms with Gasteiger partial charge in [0.2, 0.25) is 17.4 Å². The van der Waals surface area contributed by atoms with Gasteiger partial charge in [0.25, 0.3) is 0 Å². The molecule has 2 amide bonds. The fraction of sp³-hybridized carbons (Fsp3) is 0.211. The molecule has 2 heterocycles. The summed E-state index contributed by atoms with van der Waals surface area (Å²) >= 11 is 7.33. The zero-order chi connectivity index (χ0) is 21.3. The van der Waals surface area contributed by atoms with Crippen LogP contribution in [0.5, 0.6) is 0 Å². The Morgan fingerprint density at radius 1 is 1.27 bits per heavy atom. The van der Waals surface area contributed by atoms with Gasteiger partial charge >= 0.3 is 0 Å². The van der Waals surface area contributed by atoms with E-state index in [9.17, 15) is 9.59 Å². The van der Waals surface area contributed by atoms with Crippen LogP contribution in [-0.4, -0.2) is 45.7 Å². The zero-order valence-electron chi connectivity index (χ0n) is 16.1. The van der Waals surface area contributed by atoms with E-state index in [0.717, 1.165) is 16.2 Å². The van der Waals surface area contributed by atoms with E-state index < -0.39 is 0 Å². The molecule has 0 atom stereocenters. The summed E-state index contributed by atoms with van der Waals surface area (Å²) in [4.78, 5) is 32.8. The minimum absolute atomic E-state index is 0.0651. The molecule has 0 unspecified atom stereocenters. The number of carbonyl (C=O) groups excluding carboxylic acids is 2. The molecular weight excluding hydrogens is 428 g/mol. The predicted molar refractivity (Wildman–Crippen MR) is 113 cm³/mol. The summed E-state index contributed by atoms with van der Waals surface area (Å²) in [6.07, 6.45) is 3.82. The van der Waals surface area contributed by atoms with Gasteiger partial charge in [0.15, 0.2) is 5.01 Å². The average Bonchev–Trinajstić information content (AvgIpc) is 3.25. The highest BCUT2D eigenvalue weighted by Crippen LogP contribution is 2.27. The predicted octanol–water partition coefficient (Wildman–Crippen LogP) is 2.70. The lowest BCUT2D eigenvalue weighted by Gasteiger charge is -2.23. The van der Waals surface area contributed by atoms with Crippen LogP contribution in [0.15, 0.2) is 48.8 Å². The summed E-state index contributed by atoms with van der Waals surface area (Å²) in [7, 11) is 0. The van der Waals surface area contributed by atoms with Crippen LogP contribution in [-0.2, 0) is 21.0 Å². The van der Waals surface area contributed by atoms with Gasteiger partial charge in [0.1, 0.15) is 0 Å². The van der Waals surface area contributed by atoms with E-state index in [1.54, 1.807) is 24.5 Å². The molecule has 11 heteroatoms. The lowest BCUT2D eigenvalue weighted by molar-refractivity contribution is -0.133. The molecule has 1 aromatic carbocycles. The van der Waals surface area contributed by atoms with Crippen molar-refractivity contribution in [2.75, 3.05) is 18.2 Å². The van der Waals surface area contributed by atoms with Crippen LogP contribution in [0.2, 0.25) is 5.02 Å². The van der Waals surface area contributed by atoms with Crippen LogP contribution in [0.3, 0.4) is 0 Å². The summed E-state index contributed by atoms with van der Waals surface area (Å²) in [5.41, 5.74) is 4.66. The van der Waals surface area contributed by atoms with Crippen molar-refractivity contribution in [3.05, 3.63) is 59.4 Å². The SMILES string of the molecule is CC(=O)N(CCON(C=O)c1nnc(-c2cccnc2)s1)NCc1ccccc1Cl. The van der Waals surface area contributed by atoms with Gasteiger partial charge < -0.3 is 0 Å². The number of hydrazine groups is 1. The highest BCUT2D eigenvalue weighted by atomic mass is 35.5. The Labute approximate surface area is 182 Å². The smallest absolute Gasteiger partial charge is 0.240 e. The number of benzene rings is 1. The number of hydrogen-bond acceptors (Lipinski definition) is 8. The first kappa shape index (κ1) is 21.8. The summed E-state index contributed by atoms with van der Waals surface area (Å²) in [6, 6.07) is 11.0. The Morgan fingerprint density at radius 2 is 2.10 bits per heavy atom. The molecule has 3 rings (SSSR count). The third-order valence-electron chi connectivity index (χ3n) is 3.95. The van der Waals surface area contributed by atoms with Crippen molar-refractivity contribution < 1.29 is 14.4 Å². The minimum atomic E-state index is -0.196. The molecule has 1 N–H and O–H groups in total. The Bertz CT molecular complexity index is 987. The quantitative estimate of drug-likeness (QED) is 0.377. The van der Waals surface area contributed by atoms with Crippen LogP contribution in [0.1, 0.15) is 12.5 Å². The minimum Gasteiger partial charge on any atom is -0.276 e. The highest BCUT2D eigenvalue weighted by molar-refractivity contribution is 7.18. The van der Waals surface area contributed by atoms with E-state index in [1.807, 2.05) is 24.3 Å². The van der Waals surface area contributed by atoms with Gasteiger partial charge in [-0.1, -0.05) is 41.1 Å². The molecule has 0 saturated heterocycles. The second kappa shape index (κ2) is 10.7. The van der Waals surface area contributed by atoms with E-state index >= 15 is 0 Å². The number of nitrogens with zero attached hydrogens (tertiary/aromatic N) is 5. The van der Waals surface area contributed by atoms with Crippen molar-refractivity contribution in [1.82, 2.24) is 25.6 Å². The number of hydrogen-bond donors (Lipinski definition) is 1. The molecule has 0 aliphatic rings. The van der Waals surface area contributed by atoms with Crippen LogP contribution in [0, 0.1) is 0 Å². The van der Waals surface area contributed by atoms with Crippen molar-refractivity contribution in [1.29, 1.82) is 0 Å². The third kappa shape index (κ3) is 5.80. The molecule has 0 saturated carbocycles. The maximum Gasteiger partial charge on any atom is 0.240 e. The van der Waals surface area contributed by atoms with Crippen molar-refractivity contribution in [2.45, 2.75) is 13.5 Å². The lowest BCUT2D eigenvalue weighted by Crippen LogP contribution is -2.44. The van der Waals surface area contributed by atoms with Gasteiger partial charge in [-0.05, 0) is 23.8 Å². The Kier molecular flexibility index (Phi) is 7.80. The number of hydroxylamine groups is 1. The second-order valence-electron chi connectivity index (χ2n) is 5.99. The van der Waals surface area contributed by atoms with E-state index in [2.05, 4.69) is 20.6 Å².